The van der Waals surface area contributed by atoms with Crippen molar-refractivity contribution in [2.45, 2.75) is 33.6 Å². The van der Waals surface area contributed by atoms with Crippen LogP contribution in [0, 0.1) is 5.92 Å². The first-order chi connectivity index (χ1) is 9.75. The minimum absolute atomic E-state index is 0.678. The molecule has 0 atom stereocenters. The molecule has 0 aliphatic rings. The van der Waals surface area contributed by atoms with Gasteiger partial charge < -0.3 is 10.1 Å². The number of hydrogen-bond acceptors (Lipinski definition) is 3. The lowest BCUT2D eigenvalue weighted by molar-refractivity contribution is 0.108. The lowest BCUT2D eigenvalue weighted by atomic mass is 10.1. The van der Waals surface area contributed by atoms with Crippen molar-refractivity contribution < 1.29 is 4.74 Å². The van der Waals surface area contributed by atoms with Crippen molar-refractivity contribution >= 4 is 11.3 Å². The van der Waals surface area contributed by atoms with E-state index in [0.717, 1.165) is 13.1 Å². The topological polar surface area (TPSA) is 21.3 Å². The van der Waals surface area contributed by atoms with Crippen LogP contribution in [0.3, 0.4) is 0 Å². The summed E-state index contributed by atoms with van der Waals surface area (Å²) in [5.74, 6) is 0.678. The quantitative estimate of drug-likeness (QED) is 0.786. The fourth-order valence-corrected chi connectivity index (χ4v) is 2.66. The predicted molar refractivity (Wildman–Crippen MR) is 85.8 cm³/mol. The maximum atomic E-state index is 5.81. The summed E-state index contributed by atoms with van der Waals surface area (Å²) >= 11 is 1.74. The third-order valence-corrected chi connectivity index (χ3v) is 3.92. The van der Waals surface area contributed by atoms with Gasteiger partial charge in [0.15, 0.2) is 0 Å². The van der Waals surface area contributed by atoms with Crippen LogP contribution in [0.25, 0.3) is 0 Å². The van der Waals surface area contributed by atoms with Gasteiger partial charge in [-0.3, -0.25) is 0 Å². The molecule has 0 aliphatic heterocycles. The van der Waals surface area contributed by atoms with Crippen LogP contribution in [-0.2, 0) is 24.5 Å². The SMILES string of the molecule is CC(C)CNCc1ccccc1COCc1cccs1. The Morgan fingerprint density at radius 1 is 1.05 bits per heavy atom. The van der Waals surface area contributed by atoms with E-state index in [0.29, 0.717) is 19.1 Å². The summed E-state index contributed by atoms with van der Waals surface area (Å²) in [7, 11) is 0. The van der Waals surface area contributed by atoms with E-state index in [9.17, 15) is 0 Å². The van der Waals surface area contributed by atoms with E-state index in [-0.39, 0.29) is 0 Å². The third kappa shape index (κ3) is 5.08. The Morgan fingerprint density at radius 2 is 1.85 bits per heavy atom. The standard InChI is InChI=1S/C17H23NOS/c1-14(2)10-18-11-15-6-3-4-7-16(15)12-19-13-17-8-5-9-20-17/h3-9,14,18H,10-13H2,1-2H3. The van der Waals surface area contributed by atoms with Crippen molar-refractivity contribution in [1.82, 2.24) is 5.32 Å². The first-order valence-electron chi connectivity index (χ1n) is 7.13. The van der Waals surface area contributed by atoms with Gasteiger partial charge in [0.2, 0.25) is 0 Å². The van der Waals surface area contributed by atoms with E-state index in [1.807, 2.05) is 0 Å². The largest absolute Gasteiger partial charge is 0.371 e. The molecule has 2 aromatic rings. The Balaban J connectivity index is 1.83. The molecule has 0 fully saturated rings. The van der Waals surface area contributed by atoms with Crippen LogP contribution in [0.2, 0.25) is 0 Å². The fourth-order valence-electron chi connectivity index (χ4n) is 2.02. The lowest BCUT2D eigenvalue weighted by Crippen LogP contribution is -2.19. The second-order valence-corrected chi connectivity index (χ2v) is 6.40. The minimum atomic E-state index is 0.678. The van der Waals surface area contributed by atoms with Crippen LogP contribution in [0.1, 0.15) is 29.9 Å². The van der Waals surface area contributed by atoms with Gasteiger partial charge in [-0.2, -0.15) is 0 Å². The second-order valence-electron chi connectivity index (χ2n) is 5.37. The van der Waals surface area contributed by atoms with Crippen LogP contribution >= 0.6 is 11.3 Å². The van der Waals surface area contributed by atoms with Crippen LogP contribution in [0.4, 0.5) is 0 Å². The molecule has 2 nitrogen and oxygen atoms in total. The number of hydrogen-bond donors (Lipinski definition) is 1. The van der Waals surface area contributed by atoms with E-state index >= 15 is 0 Å². The van der Waals surface area contributed by atoms with E-state index < -0.39 is 0 Å². The van der Waals surface area contributed by atoms with E-state index in [4.69, 9.17) is 4.74 Å². The molecule has 0 unspecified atom stereocenters. The van der Waals surface area contributed by atoms with Gasteiger partial charge in [0, 0.05) is 11.4 Å². The first kappa shape index (κ1) is 15.2. The summed E-state index contributed by atoms with van der Waals surface area (Å²) in [6.45, 7) is 7.79. The van der Waals surface area contributed by atoms with Crippen molar-refractivity contribution in [2.75, 3.05) is 6.54 Å². The maximum absolute atomic E-state index is 5.81. The molecule has 0 saturated heterocycles. The molecule has 0 aliphatic carbocycles. The molecule has 0 bridgehead atoms. The average Bonchev–Trinajstić information content (AvgIpc) is 2.93. The van der Waals surface area contributed by atoms with Crippen molar-refractivity contribution in [3.05, 3.63) is 57.8 Å². The summed E-state index contributed by atoms with van der Waals surface area (Å²) in [6.07, 6.45) is 0. The zero-order chi connectivity index (χ0) is 14.2. The van der Waals surface area contributed by atoms with Gasteiger partial charge in [0.25, 0.3) is 0 Å². The predicted octanol–water partition coefficient (Wildman–Crippen LogP) is 4.21. The molecule has 0 spiro atoms. The highest BCUT2D eigenvalue weighted by molar-refractivity contribution is 7.09. The van der Waals surface area contributed by atoms with Crippen molar-refractivity contribution in [3.8, 4) is 0 Å². The fraction of sp³-hybridized carbons (Fsp3) is 0.412. The summed E-state index contributed by atoms with van der Waals surface area (Å²) in [5, 5.41) is 5.58. The van der Waals surface area contributed by atoms with Crippen LogP contribution in [0.5, 0.6) is 0 Å². The summed E-state index contributed by atoms with van der Waals surface area (Å²) in [6, 6.07) is 12.7. The molecule has 0 radical (unpaired) electrons. The Morgan fingerprint density at radius 3 is 2.55 bits per heavy atom. The zero-order valence-corrected chi connectivity index (χ0v) is 13.1. The molecule has 3 heteroatoms. The van der Waals surface area contributed by atoms with Crippen LogP contribution in [-0.4, -0.2) is 6.54 Å². The summed E-state index contributed by atoms with van der Waals surface area (Å²) < 4.78 is 5.81. The van der Waals surface area contributed by atoms with Gasteiger partial charge in [-0.1, -0.05) is 44.2 Å². The molecule has 108 valence electrons. The molecule has 1 N–H and O–H groups in total. The summed E-state index contributed by atoms with van der Waals surface area (Å²) in [5.41, 5.74) is 2.61. The number of benzene rings is 1. The molecule has 0 amide bonds. The van der Waals surface area contributed by atoms with Crippen LogP contribution < -0.4 is 5.32 Å². The van der Waals surface area contributed by atoms with E-state index in [1.165, 1.54) is 16.0 Å². The highest BCUT2D eigenvalue weighted by Crippen LogP contribution is 2.14. The Bertz CT molecular complexity index is 493. The monoisotopic (exact) mass is 289 g/mol. The number of thiophene rings is 1. The zero-order valence-electron chi connectivity index (χ0n) is 12.3. The van der Waals surface area contributed by atoms with E-state index in [1.54, 1.807) is 11.3 Å². The molecule has 1 heterocycles. The molecular formula is C17H23NOS. The summed E-state index contributed by atoms with van der Waals surface area (Å²) in [4.78, 5) is 1.28. The Hall–Kier alpha value is -1.16. The second kappa shape index (κ2) is 8.20. The van der Waals surface area contributed by atoms with Gasteiger partial charge in [0.1, 0.15) is 0 Å². The number of rotatable bonds is 8. The molecular weight excluding hydrogens is 266 g/mol. The molecule has 1 aromatic heterocycles. The van der Waals surface area contributed by atoms with Crippen LogP contribution in [0.15, 0.2) is 41.8 Å². The van der Waals surface area contributed by atoms with Crippen molar-refractivity contribution in [1.29, 1.82) is 0 Å². The Kier molecular flexibility index (Phi) is 6.25. The highest BCUT2D eigenvalue weighted by atomic mass is 32.1. The number of ether oxygens (including phenoxy) is 1. The molecule has 2 rings (SSSR count). The number of nitrogens with one attached hydrogen (secondary N) is 1. The highest BCUT2D eigenvalue weighted by Gasteiger charge is 2.03. The molecule has 0 saturated carbocycles. The molecule has 20 heavy (non-hydrogen) atoms. The van der Waals surface area contributed by atoms with Gasteiger partial charge in [-0.25, -0.2) is 0 Å². The van der Waals surface area contributed by atoms with E-state index in [2.05, 4.69) is 60.9 Å². The van der Waals surface area contributed by atoms with Gasteiger partial charge in [-0.15, -0.1) is 11.3 Å². The first-order valence-corrected chi connectivity index (χ1v) is 8.01. The van der Waals surface area contributed by atoms with Gasteiger partial charge in [-0.05, 0) is 35.0 Å². The van der Waals surface area contributed by atoms with Gasteiger partial charge >= 0.3 is 0 Å². The Labute approximate surface area is 125 Å². The third-order valence-electron chi connectivity index (χ3n) is 3.07. The average molecular weight is 289 g/mol. The lowest BCUT2D eigenvalue weighted by Gasteiger charge is -2.12. The minimum Gasteiger partial charge on any atom is -0.371 e. The normalized spacial score (nSPS) is 11.2. The van der Waals surface area contributed by atoms with Crippen molar-refractivity contribution in [2.24, 2.45) is 5.92 Å². The van der Waals surface area contributed by atoms with Gasteiger partial charge in [0.05, 0.1) is 13.2 Å². The maximum Gasteiger partial charge on any atom is 0.0813 e. The van der Waals surface area contributed by atoms with Crippen molar-refractivity contribution in [3.63, 3.8) is 0 Å². The smallest absolute Gasteiger partial charge is 0.0813 e. The molecule has 1 aromatic carbocycles.